The van der Waals surface area contributed by atoms with E-state index in [0.29, 0.717) is 12.2 Å². The van der Waals surface area contributed by atoms with Crippen LogP contribution < -0.4 is 0 Å². The van der Waals surface area contributed by atoms with Gasteiger partial charge in [-0.1, -0.05) is 42.5 Å². The number of aromatic nitrogens is 3. The zero-order valence-electron chi connectivity index (χ0n) is 17.0. The van der Waals surface area contributed by atoms with Crippen LogP contribution in [0.1, 0.15) is 43.9 Å². The normalized spacial score (nSPS) is 19.2. The van der Waals surface area contributed by atoms with Crippen molar-refractivity contribution in [2.24, 2.45) is 5.92 Å². The first-order chi connectivity index (χ1) is 14.0. The van der Waals surface area contributed by atoms with Crippen LogP contribution in [0.2, 0.25) is 0 Å². The molecule has 0 spiro atoms. The monoisotopic (exact) mass is 396 g/mol. The summed E-state index contributed by atoms with van der Waals surface area (Å²) in [7, 11) is 1.79. The number of carbonyl (C=O) groups excluding carboxylic acids is 2. The summed E-state index contributed by atoms with van der Waals surface area (Å²) in [6.45, 7) is 2.60. The van der Waals surface area contributed by atoms with Crippen molar-refractivity contribution in [3.8, 4) is 0 Å². The van der Waals surface area contributed by atoms with Gasteiger partial charge >= 0.3 is 5.97 Å². The molecule has 3 rings (SSSR count). The molecule has 1 amide bonds. The van der Waals surface area contributed by atoms with E-state index >= 15 is 0 Å². The lowest BCUT2D eigenvalue weighted by Gasteiger charge is -2.33. The van der Waals surface area contributed by atoms with Gasteiger partial charge in [0, 0.05) is 19.2 Å². The first kappa shape index (κ1) is 20.8. The largest absolute Gasteiger partial charge is 0.452 e. The number of rotatable bonds is 7. The number of hydrogen-bond donors (Lipinski definition) is 0. The Labute approximate surface area is 171 Å². The van der Waals surface area contributed by atoms with Gasteiger partial charge < -0.3 is 9.64 Å². The number of ether oxygens (including phenoxy) is 1. The minimum absolute atomic E-state index is 0.167. The Balaban J connectivity index is 1.43. The molecule has 154 valence electrons. The third-order valence-electron chi connectivity index (χ3n) is 5.40. The molecule has 0 bridgehead atoms. The van der Waals surface area contributed by atoms with Crippen LogP contribution in [-0.4, -0.2) is 51.5 Å². The highest BCUT2D eigenvalue weighted by Gasteiger charge is 2.25. The molecule has 1 aromatic carbocycles. The molecule has 7 heteroatoms. The maximum Gasteiger partial charge on any atom is 0.331 e. The molecule has 1 heterocycles. The second-order valence-corrected chi connectivity index (χ2v) is 7.69. The quantitative estimate of drug-likeness (QED) is 0.531. The molecular formula is C22H28N4O3. The Bertz CT molecular complexity index is 839. The smallest absolute Gasteiger partial charge is 0.331 e. The minimum Gasteiger partial charge on any atom is -0.452 e. The van der Waals surface area contributed by atoms with Crippen molar-refractivity contribution in [2.75, 3.05) is 13.7 Å². The van der Waals surface area contributed by atoms with Crippen molar-refractivity contribution in [3.63, 3.8) is 0 Å². The van der Waals surface area contributed by atoms with Crippen molar-refractivity contribution in [3.05, 3.63) is 53.9 Å². The van der Waals surface area contributed by atoms with Crippen LogP contribution in [0.5, 0.6) is 0 Å². The average Bonchev–Trinajstić information content (AvgIpc) is 3.18. The van der Waals surface area contributed by atoms with Crippen LogP contribution in [-0.2, 0) is 20.9 Å². The van der Waals surface area contributed by atoms with Gasteiger partial charge in [0.05, 0.1) is 12.7 Å². The molecule has 0 N–H and O–H groups in total. The number of likely N-dealkylation sites (N-methyl/N-ethyl adjacent to an activating group) is 1. The second-order valence-electron chi connectivity index (χ2n) is 7.69. The van der Waals surface area contributed by atoms with E-state index in [4.69, 9.17) is 4.74 Å². The highest BCUT2D eigenvalue weighted by molar-refractivity contribution is 5.89. The highest BCUT2D eigenvalue weighted by atomic mass is 16.5. The van der Waals surface area contributed by atoms with Crippen molar-refractivity contribution in [1.29, 1.82) is 0 Å². The van der Waals surface area contributed by atoms with E-state index < -0.39 is 5.97 Å². The van der Waals surface area contributed by atoms with E-state index in [0.717, 1.165) is 37.2 Å². The predicted molar refractivity (Wildman–Crippen MR) is 110 cm³/mol. The van der Waals surface area contributed by atoms with Gasteiger partial charge in [-0.3, -0.25) is 4.79 Å². The fourth-order valence-corrected chi connectivity index (χ4v) is 3.51. The van der Waals surface area contributed by atoms with Gasteiger partial charge in [-0.15, -0.1) is 5.10 Å². The fourth-order valence-electron chi connectivity index (χ4n) is 3.51. The Morgan fingerprint density at radius 2 is 1.93 bits per heavy atom. The van der Waals surface area contributed by atoms with Crippen LogP contribution in [0, 0.1) is 5.92 Å². The molecule has 1 aliphatic rings. The van der Waals surface area contributed by atoms with Crippen molar-refractivity contribution < 1.29 is 14.3 Å². The number of nitrogens with zero attached hydrogens (tertiary/aromatic N) is 4. The highest BCUT2D eigenvalue weighted by Crippen LogP contribution is 2.26. The first-order valence-corrected chi connectivity index (χ1v) is 10.1. The first-order valence-electron chi connectivity index (χ1n) is 10.1. The van der Waals surface area contributed by atoms with Crippen molar-refractivity contribution in [1.82, 2.24) is 19.9 Å². The van der Waals surface area contributed by atoms with Gasteiger partial charge in [0.15, 0.2) is 6.61 Å². The predicted octanol–water partition coefficient (Wildman–Crippen LogP) is 2.92. The van der Waals surface area contributed by atoms with E-state index in [1.807, 2.05) is 30.3 Å². The SMILES string of the molecule is CC1CCC(N(C)C(=O)COC(=O)/C=C/c2cn(Cc3ccccc3)nn2)CC1. The molecule has 0 atom stereocenters. The van der Waals surface area contributed by atoms with Gasteiger partial charge in [0.1, 0.15) is 5.69 Å². The lowest BCUT2D eigenvalue weighted by Crippen LogP contribution is -2.41. The van der Waals surface area contributed by atoms with Crippen molar-refractivity contribution in [2.45, 2.75) is 45.2 Å². The molecule has 0 unspecified atom stereocenters. The molecule has 1 aliphatic carbocycles. The number of amides is 1. The summed E-state index contributed by atoms with van der Waals surface area (Å²) in [6.07, 6.45) is 8.84. The zero-order valence-corrected chi connectivity index (χ0v) is 17.0. The molecule has 29 heavy (non-hydrogen) atoms. The molecule has 0 aliphatic heterocycles. The van der Waals surface area contributed by atoms with Crippen LogP contribution in [0.4, 0.5) is 0 Å². The molecule has 1 fully saturated rings. The summed E-state index contributed by atoms with van der Waals surface area (Å²) in [4.78, 5) is 25.9. The van der Waals surface area contributed by atoms with Gasteiger partial charge in [-0.2, -0.15) is 0 Å². The Morgan fingerprint density at radius 3 is 2.66 bits per heavy atom. The molecular weight excluding hydrogens is 368 g/mol. The third-order valence-corrected chi connectivity index (χ3v) is 5.40. The number of benzene rings is 1. The lowest BCUT2D eigenvalue weighted by molar-refractivity contribution is -0.148. The molecule has 1 aromatic heterocycles. The summed E-state index contributed by atoms with van der Waals surface area (Å²) in [6, 6.07) is 10.2. The summed E-state index contributed by atoms with van der Waals surface area (Å²) >= 11 is 0. The average molecular weight is 396 g/mol. The van der Waals surface area contributed by atoms with E-state index in [1.165, 1.54) is 12.2 Å². The van der Waals surface area contributed by atoms with E-state index in [9.17, 15) is 9.59 Å². The second kappa shape index (κ2) is 10.0. The maximum absolute atomic E-state index is 12.3. The summed E-state index contributed by atoms with van der Waals surface area (Å²) in [5.74, 6) is -0.00916. The van der Waals surface area contributed by atoms with Gasteiger partial charge in [0.25, 0.3) is 5.91 Å². The van der Waals surface area contributed by atoms with Crippen LogP contribution >= 0.6 is 0 Å². The number of esters is 1. The van der Waals surface area contributed by atoms with Gasteiger partial charge in [-0.25, -0.2) is 9.48 Å². The lowest BCUT2D eigenvalue weighted by atomic mass is 9.87. The van der Waals surface area contributed by atoms with E-state index in [1.54, 1.807) is 22.8 Å². The molecule has 7 nitrogen and oxygen atoms in total. The van der Waals surface area contributed by atoms with Crippen LogP contribution in [0.3, 0.4) is 0 Å². The molecule has 0 radical (unpaired) electrons. The zero-order chi connectivity index (χ0) is 20.6. The molecule has 1 saturated carbocycles. The maximum atomic E-state index is 12.3. The Kier molecular flexibility index (Phi) is 7.16. The number of carbonyl (C=O) groups is 2. The Morgan fingerprint density at radius 1 is 1.21 bits per heavy atom. The van der Waals surface area contributed by atoms with Gasteiger partial charge in [-0.05, 0) is 43.2 Å². The van der Waals surface area contributed by atoms with Gasteiger partial charge in [0.2, 0.25) is 0 Å². The summed E-state index contributed by atoms with van der Waals surface area (Å²) in [5.41, 5.74) is 1.67. The summed E-state index contributed by atoms with van der Waals surface area (Å²) < 4.78 is 6.79. The van der Waals surface area contributed by atoms with E-state index in [2.05, 4.69) is 17.2 Å². The fraction of sp³-hybridized carbons (Fsp3) is 0.455. The standard InChI is InChI=1S/C22H28N4O3/c1-17-8-11-20(12-9-17)25(2)21(27)16-29-22(28)13-10-19-15-26(24-23-19)14-18-6-4-3-5-7-18/h3-7,10,13,15,17,20H,8-9,11-12,14,16H2,1-2H3/b13-10+. The third kappa shape index (κ3) is 6.27. The Hall–Kier alpha value is -2.96. The van der Waals surface area contributed by atoms with Crippen molar-refractivity contribution >= 4 is 18.0 Å². The van der Waals surface area contributed by atoms with E-state index in [-0.39, 0.29) is 18.6 Å². The number of hydrogen-bond acceptors (Lipinski definition) is 5. The minimum atomic E-state index is -0.568. The summed E-state index contributed by atoms with van der Waals surface area (Å²) in [5, 5.41) is 8.06. The van der Waals surface area contributed by atoms with Crippen LogP contribution in [0.25, 0.3) is 6.08 Å². The topological polar surface area (TPSA) is 77.3 Å². The molecule has 0 saturated heterocycles. The van der Waals surface area contributed by atoms with Crippen LogP contribution in [0.15, 0.2) is 42.6 Å². The molecule has 2 aromatic rings.